The van der Waals surface area contributed by atoms with Crippen molar-refractivity contribution in [3.63, 3.8) is 0 Å². The lowest BCUT2D eigenvalue weighted by atomic mass is 10.0. The summed E-state index contributed by atoms with van der Waals surface area (Å²) in [4.78, 5) is 30.3. The summed E-state index contributed by atoms with van der Waals surface area (Å²) in [7, 11) is -4.15. The number of aryl methyl sites for hydroxylation is 3. The molecule has 0 saturated heterocycles. The van der Waals surface area contributed by atoms with Gasteiger partial charge in [-0.2, -0.15) is 0 Å². The van der Waals surface area contributed by atoms with E-state index in [4.69, 9.17) is 0 Å². The fourth-order valence-corrected chi connectivity index (χ4v) is 6.74. The Hall–Kier alpha value is -4.43. The zero-order valence-corrected chi connectivity index (χ0v) is 28.3. The van der Waals surface area contributed by atoms with Crippen LogP contribution in [-0.2, 0) is 39.0 Å². The number of rotatable bonds is 14. The summed E-state index contributed by atoms with van der Waals surface area (Å²) in [5, 5.41) is 3.08. The second-order valence-corrected chi connectivity index (χ2v) is 13.7. The fourth-order valence-electron chi connectivity index (χ4n) is 5.29. The van der Waals surface area contributed by atoms with Crippen LogP contribution in [0.3, 0.4) is 0 Å². The maximum Gasteiger partial charge on any atom is 0.264 e. The first kappa shape index (κ1) is 34.4. The Morgan fingerprint density at radius 2 is 1.35 bits per heavy atom. The maximum absolute atomic E-state index is 14.7. The van der Waals surface area contributed by atoms with Gasteiger partial charge in [-0.3, -0.25) is 13.9 Å². The summed E-state index contributed by atoms with van der Waals surface area (Å²) in [6, 6.07) is 30.3. The van der Waals surface area contributed by atoms with Crippen LogP contribution in [0.15, 0.2) is 108 Å². The Morgan fingerprint density at radius 3 is 1.96 bits per heavy atom. The molecule has 0 aliphatic heterocycles. The molecule has 0 spiro atoms. The van der Waals surface area contributed by atoms with Gasteiger partial charge in [0, 0.05) is 19.0 Å². The highest BCUT2D eigenvalue weighted by Gasteiger charge is 2.35. The molecule has 0 heterocycles. The first-order valence-electron chi connectivity index (χ1n) is 15.9. The zero-order valence-electron chi connectivity index (χ0n) is 27.4. The minimum Gasteiger partial charge on any atom is -0.352 e. The van der Waals surface area contributed by atoms with Crippen LogP contribution in [0.1, 0.15) is 55.0 Å². The zero-order chi connectivity index (χ0) is 33.3. The standard InChI is InChI=1S/C38H45N3O4S/c1-6-30(5)39-38(43)36(25-31-13-9-8-10-14-31)40(26-32-21-17-28(3)18-22-32)37(42)27-41(35-16-12-11-15-33(35)7-2)46(44,45)34-23-19-29(4)20-24-34/h8-24,30,36H,6-7,25-27H2,1-5H3,(H,39,43)/t30-,36-/m1/s1. The number of carbonyl (C=O) groups excluding carboxylic acids is 2. The lowest BCUT2D eigenvalue weighted by Crippen LogP contribution is -2.54. The number of nitrogens with zero attached hydrogens (tertiary/aromatic N) is 2. The highest BCUT2D eigenvalue weighted by atomic mass is 32.2. The lowest BCUT2D eigenvalue weighted by molar-refractivity contribution is -0.140. The van der Waals surface area contributed by atoms with Gasteiger partial charge in [0.2, 0.25) is 11.8 Å². The first-order valence-corrected chi connectivity index (χ1v) is 17.3. The number of para-hydroxylation sites is 1. The van der Waals surface area contributed by atoms with Crippen molar-refractivity contribution < 1.29 is 18.0 Å². The molecule has 46 heavy (non-hydrogen) atoms. The molecule has 0 bridgehead atoms. The number of anilines is 1. The number of hydrogen-bond donors (Lipinski definition) is 1. The Kier molecular flexibility index (Phi) is 11.8. The number of sulfonamides is 1. The van der Waals surface area contributed by atoms with Crippen LogP contribution in [0, 0.1) is 13.8 Å². The van der Waals surface area contributed by atoms with Crippen molar-refractivity contribution in [1.29, 1.82) is 0 Å². The molecule has 8 heteroatoms. The predicted molar refractivity (Wildman–Crippen MR) is 185 cm³/mol. The largest absolute Gasteiger partial charge is 0.352 e. The molecule has 0 radical (unpaired) electrons. The van der Waals surface area contributed by atoms with Gasteiger partial charge < -0.3 is 10.2 Å². The Labute approximate surface area is 274 Å². The third-order valence-corrected chi connectivity index (χ3v) is 10.0. The number of amides is 2. The maximum atomic E-state index is 14.7. The normalized spacial score (nSPS) is 12.6. The average molecular weight is 640 g/mol. The van der Waals surface area contributed by atoms with Gasteiger partial charge in [0.25, 0.3) is 10.0 Å². The molecule has 0 unspecified atom stereocenters. The van der Waals surface area contributed by atoms with E-state index in [1.807, 2.05) is 101 Å². The van der Waals surface area contributed by atoms with Crippen molar-refractivity contribution in [3.8, 4) is 0 Å². The highest BCUT2D eigenvalue weighted by molar-refractivity contribution is 7.92. The van der Waals surface area contributed by atoms with E-state index in [2.05, 4.69) is 5.32 Å². The van der Waals surface area contributed by atoms with Gasteiger partial charge >= 0.3 is 0 Å². The van der Waals surface area contributed by atoms with E-state index >= 15 is 0 Å². The van der Waals surface area contributed by atoms with Gasteiger partial charge in [0.15, 0.2) is 0 Å². The molecule has 2 amide bonds. The summed E-state index contributed by atoms with van der Waals surface area (Å²) in [5.74, 6) is -0.747. The summed E-state index contributed by atoms with van der Waals surface area (Å²) < 4.78 is 29.8. The second-order valence-electron chi connectivity index (χ2n) is 11.8. The minimum absolute atomic E-state index is 0.0947. The molecule has 0 fully saturated rings. The minimum atomic E-state index is -4.15. The third-order valence-electron chi connectivity index (χ3n) is 8.27. The highest BCUT2D eigenvalue weighted by Crippen LogP contribution is 2.29. The van der Waals surface area contributed by atoms with Gasteiger partial charge in [-0.05, 0) is 68.5 Å². The Morgan fingerprint density at radius 1 is 0.761 bits per heavy atom. The van der Waals surface area contributed by atoms with Gasteiger partial charge in [0.05, 0.1) is 10.6 Å². The molecule has 1 N–H and O–H groups in total. The molecule has 0 saturated carbocycles. The number of nitrogens with one attached hydrogen (secondary N) is 1. The molecule has 242 valence electrons. The number of hydrogen-bond acceptors (Lipinski definition) is 4. The Balaban J connectivity index is 1.83. The molecule has 7 nitrogen and oxygen atoms in total. The quantitative estimate of drug-likeness (QED) is 0.168. The van der Waals surface area contributed by atoms with Crippen molar-refractivity contribution in [2.24, 2.45) is 0 Å². The van der Waals surface area contributed by atoms with Crippen LogP contribution >= 0.6 is 0 Å². The average Bonchev–Trinajstić information content (AvgIpc) is 3.06. The van der Waals surface area contributed by atoms with E-state index < -0.39 is 28.5 Å². The van der Waals surface area contributed by atoms with Gasteiger partial charge in [-0.1, -0.05) is 110 Å². The lowest BCUT2D eigenvalue weighted by Gasteiger charge is -2.34. The predicted octanol–water partition coefficient (Wildman–Crippen LogP) is 6.62. The van der Waals surface area contributed by atoms with Gasteiger partial charge in [-0.15, -0.1) is 0 Å². The molecular weight excluding hydrogens is 595 g/mol. The van der Waals surface area contributed by atoms with Crippen LogP contribution < -0.4 is 9.62 Å². The van der Waals surface area contributed by atoms with E-state index in [1.165, 1.54) is 4.31 Å². The topological polar surface area (TPSA) is 86.8 Å². The summed E-state index contributed by atoms with van der Waals surface area (Å²) in [6.45, 7) is 9.43. The van der Waals surface area contributed by atoms with Crippen LogP contribution in [-0.4, -0.2) is 43.8 Å². The molecule has 2 atom stereocenters. The van der Waals surface area contributed by atoms with Crippen molar-refractivity contribution in [2.75, 3.05) is 10.8 Å². The van der Waals surface area contributed by atoms with Crippen LogP contribution in [0.2, 0.25) is 0 Å². The van der Waals surface area contributed by atoms with Crippen molar-refractivity contribution in [1.82, 2.24) is 10.2 Å². The van der Waals surface area contributed by atoms with Gasteiger partial charge in [0.1, 0.15) is 12.6 Å². The van der Waals surface area contributed by atoms with Crippen LogP contribution in [0.5, 0.6) is 0 Å². The molecule has 0 aromatic heterocycles. The van der Waals surface area contributed by atoms with Crippen LogP contribution in [0.4, 0.5) is 5.69 Å². The molecule has 4 aromatic carbocycles. The number of benzene rings is 4. The molecule has 4 aromatic rings. The van der Waals surface area contributed by atoms with Crippen molar-refractivity contribution in [3.05, 3.63) is 131 Å². The summed E-state index contributed by atoms with van der Waals surface area (Å²) >= 11 is 0. The van der Waals surface area contributed by atoms with E-state index in [1.54, 1.807) is 41.3 Å². The smallest absolute Gasteiger partial charge is 0.264 e. The monoisotopic (exact) mass is 639 g/mol. The first-order chi connectivity index (χ1) is 22.0. The van der Waals surface area contributed by atoms with E-state index in [0.717, 1.165) is 34.2 Å². The van der Waals surface area contributed by atoms with Crippen molar-refractivity contribution >= 4 is 27.5 Å². The molecule has 0 aliphatic rings. The molecule has 4 rings (SSSR count). The van der Waals surface area contributed by atoms with Crippen molar-refractivity contribution in [2.45, 2.75) is 77.4 Å². The number of carbonyl (C=O) groups is 2. The van der Waals surface area contributed by atoms with Gasteiger partial charge in [-0.25, -0.2) is 8.42 Å². The van der Waals surface area contributed by atoms with E-state index in [-0.39, 0.29) is 29.8 Å². The second kappa shape index (κ2) is 15.7. The Bertz CT molecular complexity index is 1710. The third kappa shape index (κ3) is 8.63. The summed E-state index contributed by atoms with van der Waals surface area (Å²) in [5.41, 5.74) is 4.98. The van der Waals surface area contributed by atoms with Crippen LogP contribution in [0.25, 0.3) is 0 Å². The molecular formula is C38H45N3O4S. The summed E-state index contributed by atoms with van der Waals surface area (Å²) in [6.07, 6.45) is 1.58. The van der Waals surface area contributed by atoms with E-state index in [9.17, 15) is 18.0 Å². The fraction of sp³-hybridized carbons (Fsp3) is 0.316. The SMILES string of the molecule is CCc1ccccc1N(CC(=O)N(Cc1ccc(C)cc1)[C@H](Cc1ccccc1)C(=O)N[C@H](C)CC)S(=O)(=O)c1ccc(C)cc1. The van der Waals surface area contributed by atoms with E-state index in [0.29, 0.717) is 12.1 Å². The molecule has 0 aliphatic carbocycles.